The summed E-state index contributed by atoms with van der Waals surface area (Å²) < 4.78 is 12.5. The quantitative estimate of drug-likeness (QED) is 0.575. The van der Waals surface area contributed by atoms with Crippen molar-refractivity contribution in [3.8, 4) is 0 Å². The normalized spacial score (nSPS) is 45.2. The molecule has 0 aromatic rings. The first kappa shape index (κ1) is 15.8. The fraction of sp³-hybridized carbons (Fsp3) is 1.00. The van der Waals surface area contributed by atoms with Crippen molar-refractivity contribution in [1.82, 2.24) is 4.90 Å². The van der Waals surface area contributed by atoms with Gasteiger partial charge in [0.1, 0.15) is 0 Å². The molecule has 6 unspecified atom stereocenters. The van der Waals surface area contributed by atoms with Crippen LogP contribution in [-0.4, -0.2) is 55.0 Å². The number of hydrogen-bond acceptors (Lipinski definition) is 5. The minimum atomic E-state index is -0.529. The van der Waals surface area contributed by atoms with Crippen LogP contribution in [0.1, 0.15) is 38.5 Å². The Kier molecular flexibility index (Phi) is 3.89. The number of nitrogens with zero attached hydrogens (tertiary/aromatic N) is 2. The van der Waals surface area contributed by atoms with Crippen LogP contribution in [0.4, 0.5) is 0 Å². The van der Waals surface area contributed by atoms with Crippen LogP contribution in [0.2, 0.25) is 0 Å². The molecule has 23 heavy (non-hydrogen) atoms. The van der Waals surface area contributed by atoms with Crippen LogP contribution in [0.5, 0.6) is 0 Å². The topological polar surface area (TPSA) is 64.8 Å². The fourth-order valence-electron chi connectivity index (χ4n) is 6.10. The van der Waals surface area contributed by atoms with E-state index in [1.807, 2.05) is 0 Å². The van der Waals surface area contributed by atoms with Gasteiger partial charge in [-0.15, -0.1) is 0 Å². The molecule has 6 atom stereocenters. The highest BCUT2D eigenvalue weighted by molar-refractivity contribution is 5.09. The van der Waals surface area contributed by atoms with Crippen molar-refractivity contribution in [2.24, 2.45) is 23.7 Å². The minimum Gasteiger partial charge on any atom is -0.347 e. The van der Waals surface area contributed by atoms with Gasteiger partial charge < -0.3 is 14.4 Å². The van der Waals surface area contributed by atoms with Crippen molar-refractivity contribution >= 4 is 0 Å². The van der Waals surface area contributed by atoms with Gasteiger partial charge in [-0.1, -0.05) is 0 Å². The lowest BCUT2D eigenvalue weighted by Crippen LogP contribution is -2.48. The van der Waals surface area contributed by atoms with Crippen LogP contribution in [0.3, 0.4) is 0 Å². The SMILES string of the molecule is CN(C)C1CCC2C3CCC([N+](=O)[O-])CC3C3(OCCO3)C2C1. The van der Waals surface area contributed by atoms with Crippen molar-refractivity contribution in [1.29, 1.82) is 0 Å². The van der Waals surface area contributed by atoms with Gasteiger partial charge in [-0.3, -0.25) is 10.1 Å². The lowest BCUT2D eigenvalue weighted by Gasteiger charge is -2.41. The van der Waals surface area contributed by atoms with Gasteiger partial charge in [0, 0.05) is 35.6 Å². The van der Waals surface area contributed by atoms with Gasteiger partial charge in [0.2, 0.25) is 6.04 Å². The molecule has 4 aliphatic rings. The minimum absolute atomic E-state index is 0.0799. The molecule has 1 aliphatic heterocycles. The number of rotatable bonds is 2. The zero-order chi connectivity index (χ0) is 16.2. The molecule has 4 rings (SSSR count). The number of fused-ring (bicyclic) bond motifs is 5. The molecule has 130 valence electrons. The predicted octanol–water partition coefficient (Wildman–Crippen LogP) is 2.15. The Balaban J connectivity index is 1.64. The number of hydrogen-bond donors (Lipinski definition) is 0. The first-order chi connectivity index (χ1) is 11.0. The molecule has 3 saturated carbocycles. The first-order valence-electron chi connectivity index (χ1n) is 9.10. The van der Waals surface area contributed by atoms with Gasteiger partial charge in [-0.25, -0.2) is 0 Å². The summed E-state index contributed by atoms with van der Waals surface area (Å²) in [5.74, 6) is 1.27. The third-order valence-corrected chi connectivity index (χ3v) is 7.10. The monoisotopic (exact) mass is 324 g/mol. The van der Waals surface area contributed by atoms with Gasteiger partial charge in [-0.2, -0.15) is 0 Å². The second kappa shape index (κ2) is 5.67. The highest BCUT2D eigenvalue weighted by Gasteiger charge is 2.66. The van der Waals surface area contributed by atoms with Crippen LogP contribution in [0.25, 0.3) is 0 Å². The molecule has 0 aromatic heterocycles. The molecule has 1 spiro atoms. The van der Waals surface area contributed by atoms with Crippen LogP contribution in [0.15, 0.2) is 0 Å². The second-order valence-electron chi connectivity index (χ2n) is 8.14. The second-order valence-corrected chi connectivity index (χ2v) is 8.14. The smallest absolute Gasteiger partial charge is 0.213 e. The average molecular weight is 324 g/mol. The molecular weight excluding hydrogens is 296 g/mol. The van der Waals surface area contributed by atoms with E-state index in [9.17, 15) is 10.1 Å². The largest absolute Gasteiger partial charge is 0.347 e. The molecule has 1 saturated heterocycles. The van der Waals surface area contributed by atoms with Crippen LogP contribution >= 0.6 is 0 Å². The van der Waals surface area contributed by atoms with E-state index >= 15 is 0 Å². The molecular formula is C17H28N2O4. The Bertz CT molecular complexity index is 477. The van der Waals surface area contributed by atoms with E-state index < -0.39 is 11.8 Å². The van der Waals surface area contributed by atoms with Crippen LogP contribution < -0.4 is 0 Å². The van der Waals surface area contributed by atoms with E-state index in [1.54, 1.807) is 0 Å². The molecule has 4 fully saturated rings. The molecule has 1 heterocycles. The van der Waals surface area contributed by atoms with E-state index in [1.165, 1.54) is 12.8 Å². The summed E-state index contributed by atoms with van der Waals surface area (Å²) in [5.41, 5.74) is 0. The zero-order valence-electron chi connectivity index (χ0n) is 14.1. The van der Waals surface area contributed by atoms with Crippen LogP contribution in [-0.2, 0) is 9.47 Å². The standard InChI is InChI=1S/C17H28N2O4/c1-18(2)11-3-5-13-14-6-4-12(19(20)21)10-16(14)17(15(13)9-11)22-7-8-23-17/h11-16H,3-10H2,1-2H3. The fourth-order valence-corrected chi connectivity index (χ4v) is 6.10. The van der Waals surface area contributed by atoms with Gasteiger partial charge in [0.15, 0.2) is 5.79 Å². The summed E-state index contributed by atoms with van der Waals surface area (Å²) in [7, 11) is 4.30. The van der Waals surface area contributed by atoms with Crippen LogP contribution in [0, 0.1) is 33.8 Å². The van der Waals surface area contributed by atoms with E-state index in [2.05, 4.69) is 19.0 Å². The van der Waals surface area contributed by atoms with Gasteiger partial charge in [0.25, 0.3) is 0 Å². The van der Waals surface area contributed by atoms with Crippen molar-refractivity contribution in [2.45, 2.75) is 56.4 Å². The maximum atomic E-state index is 11.3. The van der Waals surface area contributed by atoms with E-state index in [0.29, 0.717) is 43.4 Å². The Hall–Kier alpha value is -0.720. The Morgan fingerprint density at radius 3 is 2.22 bits per heavy atom. The molecule has 0 N–H and O–H groups in total. The Morgan fingerprint density at radius 1 is 1.00 bits per heavy atom. The van der Waals surface area contributed by atoms with Gasteiger partial charge >= 0.3 is 0 Å². The van der Waals surface area contributed by atoms with E-state index in [0.717, 1.165) is 19.3 Å². The van der Waals surface area contributed by atoms with Crippen molar-refractivity contribution in [3.05, 3.63) is 10.1 Å². The van der Waals surface area contributed by atoms with Gasteiger partial charge in [-0.05, 0) is 51.6 Å². The Labute approximate surface area is 137 Å². The highest BCUT2D eigenvalue weighted by atomic mass is 16.7. The molecule has 0 radical (unpaired) electrons. The van der Waals surface area contributed by atoms with Gasteiger partial charge in [0.05, 0.1) is 13.2 Å². The molecule has 0 bridgehead atoms. The van der Waals surface area contributed by atoms with E-state index in [4.69, 9.17) is 9.47 Å². The zero-order valence-corrected chi connectivity index (χ0v) is 14.1. The van der Waals surface area contributed by atoms with E-state index in [-0.39, 0.29) is 10.8 Å². The number of nitro groups is 1. The van der Waals surface area contributed by atoms with Crippen molar-refractivity contribution in [2.75, 3.05) is 27.3 Å². The summed E-state index contributed by atoms with van der Waals surface area (Å²) in [4.78, 5) is 13.6. The number of ether oxygens (including phenoxy) is 2. The summed E-state index contributed by atoms with van der Waals surface area (Å²) in [6.07, 6.45) is 5.88. The lowest BCUT2D eigenvalue weighted by atomic mass is 9.71. The van der Waals surface area contributed by atoms with Crippen molar-refractivity contribution < 1.29 is 14.4 Å². The summed E-state index contributed by atoms with van der Waals surface area (Å²) >= 11 is 0. The molecule has 6 heteroatoms. The highest BCUT2D eigenvalue weighted by Crippen LogP contribution is 2.62. The molecule has 6 nitrogen and oxygen atoms in total. The molecule has 0 amide bonds. The molecule has 0 aromatic carbocycles. The summed E-state index contributed by atoms with van der Waals surface area (Å²) in [6, 6.07) is 0.165. The maximum Gasteiger partial charge on any atom is 0.213 e. The van der Waals surface area contributed by atoms with Crippen molar-refractivity contribution in [3.63, 3.8) is 0 Å². The maximum absolute atomic E-state index is 11.3. The first-order valence-corrected chi connectivity index (χ1v) is 9.10. The average Bonchev–Trinajstić information content (AvgIpc) is 3.13. The lowest BCUT2D eigenvalue weighted by molar-refractivity contribution is -0.530. The third kappa shape index (κ3) is 2.33. The summed E-state index contributed by atoms with van der Waals surface area (Å²) in [5, 5.41) is 11.3. The third-order valence-electron chi connectivity index (χ3n) is 7.10. The summed E-state index contributed by atoms with van der Waals surface area (Å²) in [6.45, 7) is 1.28. The molecule has 3 aliphatic carbocycles. The predicted molar refractivity (Wildman–Crippen MR) is 84.6 cm³/mol. The Morgan fingerprint density at radius 2 is 1.61 bits per heavy atom.